The van der Waals surface area contributed by atoms with Gasteiger partial charge in [0.15, 0.2) is 5.82 Å². The Hall–Kier alpha value is -2.43. The number of aromatic amines is 1. The van der Waals surface area contributed by atoms with E-state index in [0.717, 1.165) is 40.4 Å². The number of para-hydroxylation sites is 1. The number of pyridine rings is 1. The van der Waals surface area contributed by atoms with Gasteiger partial charge < -0.3 is 5.32 Å². The molecule has 2 heterocycles. The Balaban J connectivity index is 1.93. The van der Waals surface area contributed by atoms with Gasteiger partial charge in [0.25, 0.3) is 0 Å². The van der Waals surface area contributed by atoms with Gasteiger partial charge in [0, 0.05) is 22.2 Å². The van der Waals surface area contributed by atoms with Gasteiger partial charge in [-0.25, -0.2) is 4.98 Å². The fourth-order valence-electron chi connectivity index (χ4n) is 2.89. The third kappa shape index (κ3) is 3.11. The van der Waals surface area contributed by atoms with Crippen molar-refractivity contribution in [2.45, 2.75) is 53.0 Å². The molecule has 24 heavy (non-hydrogen) atoms. The summed E-state index contributed by atoms with van der Waals surface area (Å²) in [5, 5.41) is 12.1. The lowest BCUT2D eigenvalue weighted by atomic mass is 9.96. The first-order valence-corrected chi connectivity index (χ1v) is 8.44. The van der Waals surface area contributed by atoms with Crippen molar-refractivity contribution in [1.29, 1.82) is 0 Å². The molecule has 0 radical (unpaired) electrons. The SMILES string of the molecule is CCc1c(C)nc2ccccc2c1NCc1nc(C(C)(C)C)n[nH]1. The van der Waals surface area contributed by atoms with E-state index in [2.05, 4.69) is 73.3 Å². The lowest BCUT2D eigenvalue weighted by Crippen LogP contribution is -2.13. The van der Waals surface area contributed by atoms with Crippen LogP contribution in [-0.4, -0.2) is 20.2 Å². The topological polar surface area (TPSA) is 66.5 Å². The molecule has 5 nitrogen and oxygen atoms in total. The van der Waals surface area contributed by atoms with Crippen molar-refractivity contribution < 1.29 is 0 Å². The van der Waals surface area contributed by atoms with Crippen molar-refractivity contribution in [2.75, 3.05) is 5.32 Å². The van der Waals surface area contributed by atoms with Crippen molar-refractivity contribution in [3.63, 3.8) is 0 Å². The number of nitrogens with zero attached hydrogens (tertiary/aromatic N) is 3. The van der Waals surface area contributed by atoms with Gasteiger partial charge in [-0.05, 0) is 25.0 Å². The first-order valence-electron chi connectivity index (χ1n) is 8.44. The molecule has 0 unspecified atom stereocenters. The lowest BCUT2D eigenvalue weighted by molar-refractivity contribution is 0.548. The molecule has 0 amide bonds. The molecule has 0 bridgehead atoms. The second-order valence-corrected chi connectivity index (χ2v) is 7.13. The summed E-state index contributed by atoms with van der Waals surface area (Å²) in [4.78, 5) is 9.33. The van der Waals surface area contributed by atoms with Crippen molar-refractivity contribution in [1.82, 2.24) is 20.2 Å². The number of fused-ring (bicyclic) bond motifs is 1. The minimum atomic E-state index is -0.0523. The number of rotatable bonds is 4. The summed E-state index contributed by atoms with van der Waals surface area (Å²) in [5.74, 6) is 1.69. The average molecular weight is 323 g/mol. The van der Waals surface area contributed by atoms with Crippen molar-refractivity contribution >= 4 is 16.6 Å². The monoisotopic (exact) mass is 323 g/mol. The number of anilines is 1. The number of nitrogens with one attached hydrogen (secondary N) is 2. The van der Waals surface area contributed by atoms with E-state index in [1.54, 1.807) is 0 Å². The zero-order chi connectivity index (χ0) is 17.3. The van der Waals surface area contributed by atoms with E-state index in [9.17, 15) is 0 Å². The van der Waals surface area contributed by atoms with Crippen LogP contribution < -0.4 is 5.32 Å². The largest absolute Gasteiger partial charge is 0.377 e. The smallest absolute Gasteiger partial charge is 0.156 e. The first-order chi connectivity index (χ1) is 11.4. The summed E-state index contributed by atoms with van der Waals surface area (Å²) >= 11 is 0. The Labute approximate surface area is 142 Å². The maximum atomic E-state index is 4.72. The highest BCUT2D eigenvalue weighted by Crippen LogP contribution is 2.29. The second kappa shape index (κ2) is 6.23. The van der Waals surface area contributed by atoms with Gasteiger partial charge in [-0.1, -0.05) is 45.9 Å². The summed E-state index contributed by atoms with van der Waals surface area (Å²) in [5.41, 5.74) is 4.44. The van der Waals surface area contributed by atoms with Crippen LogP contribution in [0.2, 0.25) is 0 Å². The van der Waals surface area contributed by atoms with Crippen LogP contribution in [0.4, 0.5) is 5.69 Å². The molecule has 3 aromatic rings. The highest BCUT2D eigenvalue weighted by Gasteiger charge is 2.19. The van der Waals surface area contributed by atoms with Gasteiger partial charge in [-0.3, -0.25) is 10.1 Å². The lowest BCUT2D eigenvalue weighted by Gasteiger charge is -2.15. The number of aromatic nitrogens is 4. The number of benzene rings is 1. The Morgan fingerprint density at radius 1 is 1.12 bits per heavy atom. The third-order valence-electron chi connectivity index (χ3n) is 4.19. The van der Waals surface area contributed by atoms with Crippen molar-refractivity contribution in [3.8, 4) is 0 Å². The van der Waals surface area contributed by atoms with Crippen molar-refractivity contribution in [2.24, 2.45) is 0 Å². The minimum Gasteiger partial charge on any atom is -0.377 e. The fourth-order valence-corrected chi connectivity index (χ4v) is 2.89. The first kappa shape index (κ1) is 16.4. The van der Waals surface area contributed by atoms with E-state index in [4.69, 9.17) is 4.98 Å². The Morgan fingerprint density at radius 3 is 2.54 bits per heavy atom. The zero-order valence-corrected chi connectivity index (χ0v) is 15.1. The molecule has 0 fully saturated rings. The van der Waals surface area contributed by atoms with Crippen LogP contribution in [0.3, 0.4) is 0 Å². The van der Waals surface area contributed by atoms with Crippen LogP contribution >= 0.6 is 0 Å². The van der Waals surface area contributed by atoms with E-state index >= 15 is 0 Å². The number of hydrogen-bond donors (Lipinski definition) is 2. The van der Waals surface area contributed by atoms with Crippen LogP contribution in [0.5, 0.6) is 0 Å². The van der Waals surface area contributed by atoms with Crippen LogP contribution in [-0.2, 0) is 18.4 Å². The van der Waals surface area contributed by atoms with Gasteiger partial charge in [-0.15, -0.1) is 0 Å². The van der Waals surface area contributed by atoms with Gasteiger partial charge in [0.1, 0.15) is 5.82 Å². The van der Waals surface area contributed by atoms with E-state index in [-0.39, 0.29) is 5.41 Å². The predicted octanol–water partition coefficient (Wildman–Crippen LogP) is 4.13. The van der Waals surface area contributed by atoms with E-state index in [0.29, 0.717) is 6.54 Å². The molecule has 1 aromatic carbocycles. The molecule has 0 saturated carbocycles. The fraction of sp³-hybridized carbons (Fsp3) is 0.421. The summed E-state index contributed by atoms with van der Waals surface area (Å²) in [6.45, 7) is 11.2. The van der Waals surface area contributed by atoms with Gasteiger partial charge >= 0.3 is 0 Å². The Morgan fingerprint density at radius 2 is 1.88 bits per heavy atom. The van der Waals surface area contributed by atoms with Crippen LogP contribution in [0.1, 0.15) is 50.6 Å². The number of aryl methyl sites for hydroxylation is 1. The quantitative estimate of drug-likeness (QED) is 0.757. The van der Waals surface area contributed by atoms with Gasteiger partial charge in [-0.2, -0.15) is 5.10 Å². The molecule has 126 valence electrons. The molecule has 0 aliphatic carbocycles. The summed E-state index contributed by atoms with van der Waals surface area (Å²) in [6.07, 6.45) is 0.940. The molecule has 5 heteroatoms. The molecule has 0 aliphatic heterocycles. The minimum absolute atomic E-state index is 0.0523. The molecule has 0 aliphatic rings. The Bertz CT molecular complexity index is 858. The molecule has 0 atom stereocenters. The van der Waals surface area contributed by atoms with Crippen LogP contribution in [0.25, 0.3) is 10.9 Å². The van der Waals surface area contributed by atoms with Crippen LogP contribution in [0, 0.1) is 6.92 Å². The summed E-state index contributed by atoms with van der Waals surface area (Å²) < 4.78 is 0. The maximum Gasteiger partial charge on any atom is 0.156 e. The van der Waals surface area contributed by atoms with Crippen LogP contribution in [0.15, 0.2) is 24.3 Å². The zero-order valence-electron chi connectivity index (χ0n) is 15.1. The standard InChI is InChI=1S/C19H25N5/c1-6-13-12(2)21-15-10-8-7-9-14(15)17(13)20-11-16-22-18(24-23-16)19(3,4)5/h7-10H,6,11H2,1-5H3,(H,20,21)(H,22,23,24). The maximum absolute atomic E-state index is 4.72. The molecular weight excluding hydrogens is 298 g/mol. The molecular formula is C19H25N5. The number of hydrogen-bond acceptors (Lipinski definition) is 4. The molecule has 0 spiro atoms. The second-order valence-electron chi connectivity index (χ2n) is 7.13. The highest BCUT2D eigenvalue weighted by molar-refractivity contribution is 5.93. The summed E-state index contributed by atoms with van der Waals surface area (Å²) in [6, 6.07) is 8.25. The molecule has 2 aromatic heterocycles. The van der Waals surface area contributed by atoms with Crippen molar-refractivity contribution in [3.05, 3.63) is 47.2 Å². The normalized spacial score (nSPS) is 11.9. The van der Waals surface area contributed by atoms with E-state index in [1.165, 1.54) is 5.56 Å². The molecule has 3 rings (SSSR count). The molecule has 0 saturated heterocycles. The average Bonchev–Trinajstić information content (AvgIpc) is 3.01. The Kier molecular flexibility index (Phi) is 4.26. The van der Waals surface area contributed by atoms with E-state index < -0.39 is 0 Å². The highest BCUT2D eigenvalue weighted by atomic mass is 15.2. The molecule has 2 N–H and O–H groups in total. The third-order valence-corrected chi connectivity index (χ3v) is 4.19. The van der Waals surface area contributed by atoms with Gasteiger partial charge in [0.05, 0.1) is 12.1 Å². The predicted molar refractivity (Wildman–Crippen MR) is 98.3 cm³/mol. The number of H-pyrrole nitrogens is 1. The van der Waals surface area contributed by atoms with E-state index in [1.807, 2.05) is 6.07 Å². The van der Waals surface area contributed by atoms with Gasteiger partial charge in [0.2, 0.25) is 0 Å². The summed E-state index contributed by atoms with van der Waals surface area (Å²) in [7, 11) is 0.